The van der Waals surface area contributed by atoms with Gasteiger partial charge in [-0.1, -0.05) is 12.1 Å². The number of nitrogens with zero attached hydrogens (tertiary/aromatic N) is 1. The molecule has 2 rings (SSSR count). The number of thioether (sulfide) groups is 1. The van der Waals surface area contributed by atoms with E-state index in [1.807, 2.05) is 13.0 Å². The summed E-state index contributed by atoms with van der Waals surface area (Å²) in [6.45, 7) is 1.99. The predicted molar refractivity (Wildman–Crippen MR) is 80.8 cm³/mol. The number of hydrogen-bond acceptors (Lipinski definition) is 5. The van der Waals surface area contributed by atoms with Crippen molar-refractivity contribution in [3.8, 4) is 0 Å². The molecule has 0 saturated carbocycles. The van der Waals surface area contributed by atoms with Gasteiger partial charge in [-0.15, -0.1) is 11.8 Å². The van der Waals surface area contributed by atoms with E-state index in [2.05, 4.69) is 40.9 Å². The lowest BCUT2D eigenvalue weighted by Crippen LogP contribution is -2.29. The number of aryl methyl sites for hydroxylation is 1. The number of nitrogen functional groups attached to an aromatic ring is 1. The maximum atomic E-state index is 5.95. The van der Waals surface area contributed by atoms with E-state index in [9.17, 15) is 0 Å². The summed E-state index contributed by atoms with van der Waals surface area (Å²) in [5.74, 6) is 6.19. The van der Waals surface area contributed by atoms with Gasteiger partial charge in [0.1, 0.15) is 5.82 Å². The van der Waals surface area contributed by atoms with Crippen LogP contribution in [0.25, 0.3) is 0 Å². The van der Waals surface area contributed by atoms with Crippen molar-refractivity contribution in [2.75, 3.05) is 12.0 Å². The Morgan fingerprint density at radius 1 is 1.26 bits per heavy atom. The molecule has 19 heavy (non-hydrogen) atoms. The molecule has 2 aromatic rings. The third kappa shape index (κ3) is 3.07. The highest BCUT2D eigenvalue weighted by atomic mass is 32.2. The van der Waals surface area contributed by atoms with Gasteiger partial charge in [0.05, 0.1) is 6.04 Å². The third-order valence-electron chi connectivity index (χ3n) is 3.01. The molecule has 0 aliphatic rings. The molecule has 1 atom stereocenters. The number of rotatable bonds is 4. The maximum absolute atomic E-state index is 5.95. The van der Waals surface area contributed by atoms with Gasteiger partial charge in [0.2, 0.25) is 0 Å². The number of benzene rings is 1. The SMILES string of the molecule is CSc1ccc(C(NN)c2cc(C)cnc2N)cc1. The van der Waals surface area contributed by atoms with Crippen LogP contribution in [0.15, 0.2) is 41.4 Å². The Morgan fingerprint density at radius 3 is 2.53 bits per heavy atom. The fourth-order valence-electron chi connectivity index (χ4n) is 2.00. The quantitative estimate of drug-likeness (QED) is 0.453. The number of pyridine rings is 1. The molecular formula is C14H18N4S. The Bertz CT molecular complexity index is 554. The summed E-state index contributed by atoms with van der Waals surface area (Å²) in [5, 5.41) is 0. The number of hydrazine groups is 1. The normalized spacial score (nSPS) is 12.4. The van der Waals surface area contributed by atoms with E-state index in [-0.39, 0.29) is 6.04 Å². The van der Waals surface area contributed by atoms with Crippen LogP contribution in [-0.2, 0) is 0 Å². The summed E-state index contributed by atoms with van der Waals surface area (Å²) in [4.78, 5) is 5.40. The summed E-state index contributed by atoms with van der Waals surface area (Å²) in [6.07, 6.45) is 3.80. The largest absolute Gasteiger partial charge is 0.383 e. The highest BCUT2D eigenvalue weighted by molar-refractivity contribution is 7.98. The standard InChI is InChI=1S/C14H18N4S/c1-9-7-12(14(15)17-8-9)13(18-16)10-3-5-11(19-2)6-4-10/h3-8,13,18H,16H2,1-2H3,(H2,15,17). The third-order valence-corrected chi connectivity index (χ3v) is 3.76. The summed E-state index contributed by atoms with van der Waals surface area (Å²) in [5.41, 5.74) is 11.8. The van der Waals surface area contributed by atoms with Crippen LogP contribution in [0.2, 0.25) is 0 Å². The Labute approximate surface area is 117 Å². The average molecular weight is 274 g/mol. The van der Waals surface area contributed by atoms with Crippen LogP contribution in [0.5, 0.6) is 0 Å². The molecule has 1 heterocycles. The summed E-state index contributed by atoms with van der Waals surface area (Å²) < 4.78 is 0. The minimum absolute atomic E-state index is 0.150. The summed E-state index contributed by atoms with van der Waals surface area (Å²) in [7, 11) is 0. The van der Waals surface area contributed by atoms with E-state index < -0.39 is 0 Å². The number of nitrogens with one attached hydrogen (secondary N) is 1. The van der Waals surface area contributed by atoms with Crippen molar-refractivity contribution in [2.24, 2.45) is 5.84 Å². The molecule has 0 amide bonds. The van der Waals surface area contributed by atoms with E-state index >= 15 is 0 Å². The van der Waals surface area contributed by atoms with E-state index in [1.54, 1.807) is 18.0 Å². The number of hydrogen-bond donors (Lipinski definition) is 3. The lowest BCUT2D eigenvalue weighted by molar-refractivity contribution is 0.636. The van der Waals surface area contributed by atoms with Crippen LogP contribution < -0.4 is 17.0 Å². The van der Waals surface area contributed by atoms with Crippen LogP contribution in [0.4, 0.5) is 5.82 Å². The van der Waals surface area contributed by atoms with Crippen molar-refractivity contribution < 1.29 is 0 Å². The van der Waals surface area contributed by atoms with Crippen molar-refractivity contribution >= 4 is 17.6 Å². The van der Waals surface area contributed by atoms with E-state index in [0.717, 1.165) is 16.7 Å². The molecule has 0 fully saturated rings. The van der Waals surface area contributed by atoms with Crippen molar-refractivity contribution in [3.05, 3.63) is 53.2 Å². The van der Waals surface area contributed by atoms with E-state index in [4.69, 9.17) is 11.6 Å². The minimum Gasteiger partial charge on any atom is -0.383 e. The van der Waals surface area contributed by atoms with Gasteiger partial charge in [-0.25, -0.2) is 10.4 Å². The predicted octanol–water partition coefficient (Wildman–Crippen LogP) is 2.25. The number of aromatic nitrogens is 1. The lowest BCUT2D eigenvalue weighted by Gasteiger charge is -2.19. The first-order valence-electron chi connectivity index (χ1n) is 5.97. The van der Waals surface area contributed by atoms with Crippen molar-refractivity contribution in [1.29, 1.82) is 0 Å². The van der Waals surface area contributed by atoms with Gasteiger partial charge in [0.25, 0.3) is 0 Å². The number of anilines is 1. The first kappa shape index (κ1) is 13.9. The van der Waals surface area contributed by atoms with Crippen molar-refractivity contribution in [1.82, 2.24) is 10.4 Å². The van der Waals surface area contributed by atoms with E-state index in [0.29, 0.717) is 5.82 Å². The van der Waals surface area contributed by atoms with Crippen molar-refractivity contribution in [3.63, 3.8) is 0 Å². The fourth-order valence-corrected chi connectivity index (χ4v) is 2.40. The Morgan fingerprint density at radius 2 is 1.95 bits per heavy atom. The zero-order valence-corrected chi connectivity index (χ0v) is 11.9. The van der Waals surface area contributed by atoms with Crippen LogP contribution in [0.3, 0.4) is 0 Å². The smallest absolute Gasteiger partial charge is 0.128 e. The Balaban J connectivity index is 2.40. The zero-order valence-electron chi connectivity index (χ0n) is 11.1. The van der Waals surface area contributed by atoms with Crippen LogP contribution in [0, 0.1) is 6.92 Å². The highest BCUT2D eigenvalue weighted by Gasteiger charge is 2.16. The first-order chi connectivity index (χ1) is 9.15. The Kier molecular flexibility index (Phi) is 4.42. The molecule has 0 aliphatic heterocycles. The van der Waals surface area contributed by atoms with Gasteiger partial charge >= 0.3 is 0 Å². The van der Waals surface area contributed by atoms with Crippen LogP contribution >= 0.6 is 11.8 Å². The first-order valence-corrected chi connectivity index (χ1v) is 7.20. The molecule has 0 radical (unpaired) electrons. The lowest BCUT2D eigenvalue weighted by atomic mass is 9.99. The highest BCUT2D eigenvalue weighted by Crippen LogP contribution is 2.27. The molecule has 5 N–H and O–H groups in total. The summed E-state index contributed by atoms with van der Waals surface area (Å²) >= 11 is 1.71. The maximum Gasteiger partial charge on any atom is 0.128 e. The van der Waals surface area contributed by atoms with Gasteiger partial charge in [-0.2, -0.15) is 0 Å². The second-order valence-electron chi connectivity index (χ2n) is 4.36. The van der Waals surface area contributed by atoms with Gasteiger partial charge in [0, 0.05) is 16.7 Å². The second kappa shape index (κ2) is 6.06. The van der Waals surface area contributed by atoms with Gasteiger partial charge < -0.3 is 5.73 Å². The zero-order chi connectivity index (χ0) is 13.8. The molecule has 4 nitrogen and oxygen atoms in total. The van der Waals surface area contributed by atoms with Gasteiger partial charge in [0.15, 0.2) is 0 Å². The minimum atomic E-state index is -0.150. The fraction of sp³-hybridized carbons (Fsp3) is 0.214. The monoisotopic (exact) mass is 274 g/mol. The second-order valence-corrected chi connectivity index (χ2v) is 5.24. The average Bonchev–Trinajstić information content (AvgIpc) is 2.44. The molecule has 0 aliphatic carbocycles. The van der Waals surface area contributed by atoms with Crippen LogP contribution in [0.1, 0.15) is 22.7 Å². The number of nitrogens with two attached hydrogens (primary N) is 2. The van der Waals surface area contributed by atoms with Gasteiger partial charge in [-0.05, 0) is 42.5 Å². The molecule has 0 bridgehead atoms. The molecular weight excluding hydrogens is 256 g/mol. The molecule has 5 heteroatoms. The molecule has 1 unspecified atom stereocenters. The Hall–Kier alpha value is -1.56. The van der Waals surface area contributed by atoms with E-state index in [1.165, 1.54) is 4.90 Å². The van der Waals surface area contributed by atoms with Crippen LogP contribution in [-0.4, -0.2) is 11.2 Å². The van der Waals surface area contributed by atoms with Gasteiger partial charge in [-0.3, -0.25) is 5.84 Å². The molecule has 100 valence electrons. The molecule has 1 aromatic heterocycles. The van der Waals surface area contributed by atoms with Crippen molar-refractivity contribution in [2.45, 2.75) is 17.9 Å². The molecule has 0 saturated heterocycles. The molecule has 1 aromatic carbocycles. The molecule has 0 spiro atoms. The summed E-state index contributed by atoms with van der Waals surface area (Å²) in [6, 6.07) is 10.1. The topological polar surface area (TPSA) is 77.0 Å².